The average molecular weight is 522 g/mol. The van der Waals surface area contributed by atoms with E-state index in [2.05, 4.69) is 30.6 Å². The molecule has 1 aromatic carbocycles. The van der Waals surface area contributed by atoms with E-state index >= 15 is 0 Å². The second kappa shape index (κ2) is 9.97. The van der Waals surface area contributed by atoms with Gasteiger partial charge in [0.1, 0.15) is 5.82 Å². The number of nitrogens with zero attached hydrogens (tertiary/aromatic N) is 4. The monoisotopic (exact) mass is 522 g/mol. The predicted molar refractivity (Wildman–Crippen MR) is 120 cm³/mol. The summed E-state index contributed by atoms with van der Waals surface area (Å²) in [5, 5.41) is 14.3. The summed E-state index contributed by atoms with van der Waals surface area (Å²) in [6.45, 7) is -0.511. The second-order valence-electron chi connectivity index (χ2n) is 7.60. The van der Waals surface area contributed by atoms with Crippen molar-refractivity contribution in [1.82, 2.24) is 25.3 Å². The minimum atomic E-state index is -4.83. The Labute approximate surface area is 204 Å². The van der Waals surface area contributed by atoms with Gasteiger partial charge >= 0.3 is 12.4 Å². The highest BCUT2D eigenvalue weighted by Gasteiger charge is 2.36. The van der Waals surface area contributed by atoms with Crippen LogP contribution < -0.4 is 10.6 Å². The number of carbonyl (C=O) groups is 1. The number of pyridine rings is 2. The van der Waals surface area contributed by atoms with Crippen LogP contribution >= 0.6 is 0 Å². The zero-order valence-corrected chi connectivity index (χ0v) is 18.5. The van der Waals surface area contributed by atoms with Gasteiger partial charge < -0.3 is 15.7 Å². The summed E-state index contributed by atoms with van der Waals surface area (Å²) in [5.41, 5.74) is -2.34. The molecule has 0 radical (unpaired) electrons. The Hall–Kier alpha value is -4.33. The van der Waals surface area contributed by atoms with Crippen molar-refractivity contribution in [2.45, 2.75) is 12.4 Å². The lowest BCUT2D eigenvalue weighted by molar-refractivity contribution is -0.141. The van der Waals surface area contributed by atoms with E-state index < -0.39 is 35.2 Å². The molecule has 0 atom stereocenters. The first-order chi connectivity index (χ1) is 17.5. The fraction of sp³-hybridized carbons (Fsp3) is 0.174. The molecule has 0 aliphatic carbocycles. The minimum absolute atomic E-state index is 0.0145. The van der Waals surface area contributed by atoms with Gasteiger partial charge in [-0.25, -0.2) is 9.97 Å². The molecule has 0 fully saturated rings. The van der Waals surface area contributed by atoms with Gasteiger partial charge in [-0.3, -0.25) is 14.8 Å². The number of rotatable bonds is 6. The largest absolute Gasteiger partial charge is 0.434 e. The molecule has 0 aliphatic rings. The minimum Gasteiger partial charge on any atom is -0.395 e. The normalized spacial score (nSPS) is 12.0. The molecule has 0 aliphatic heterocycles. The van der Waals surface area contributed by atoms with E-state index in [1.807, 2.05) is 0 Å². The lowest BCUT2D eigenvalue weighted by atomic mass is 10.0. The smallest absolute Gasteiger partial charge is 0.395 e. The molecule has 0 bridgehead atoms. The Morgan fingerprint density at radius 3 is 2.32 bits per heavy atom. The van der Waals surface area contributed by atoms with Crippen molar-refractivity contribution in [2.24, 2.45) is 0 Å². The van der Waals surface area contributed by atoms with Gasteiger partial charge in [-0.05, 0) is 18.2 Å². The Balaban J connectivity index is 1.69. The van der Waals surface area contributed by atoms with Gasteiger partial charge in [-0.1, -0.05) is 12.1 Å². The number of nitrogens with one attached hydrogen (secondary N) is 2. The lowest BCUT2D eigenvalue weighted by Crippen LogP contribution is -2.27. The lowest BCUT2D eigenvalue weighted by Gasteiger charge is -2.15. The fourth-order valence-corrected chi connectivity index (χ4v) is 3.39. The number of anilines is 2. The number of amides is 1. The SMILES string of the molecule is O=C(NCCO)c1cnc(-c2ccc3c(Nc4cnc(C(F)(F)F)cn4)ccnc3c2)c(C(F)(F)F)c1. The van der Waals surface area contributed by atoms with Gasteiger partial charge in [-0.15, -0.1) is 0 Å². The van der Waals surface area contributed by atoms with Crippen molar-refractivity contribution in [1.29, 1.82) is 0 Å². The summed E-state index contributed by atoms with van der Waals surface area (Å²) < 4.78 is 79.6. The number of benzene rings is 1. The topological polar surface area (TPSA) is 113 Å². The molecule has 3 heterocycles. The molecule has 37 heavy (non-hydrogen) atoms. The van der Waals surface area contributed by atoms with Gasteiger partial charge in [0.25, 0.3) is 5.91 Å². The van der Waals surface area contributed by atoms with Crippen LogP contribution in [-0.4, -0.2) is 44.1 Å². The highest BCUT2D eigenvalue weighted by Crippen LogP contribution is 2.38. The molecule has 0 spiro atoms. The number of aromatic nitrogens is 4. The van der Waals surface area contributed by atoms with Crippen LogP contribution in [0.4, 0.5) is 37.8 Å². The summed E-state index contributed by atoms with van der Waals surface area (Å²) in [5.74, 6) is -0.804. The first kappa shape index (κ1) is 25.8. The molecule has 3 aromatic heterocycles. The molecular formula is C23H16F6N6O2. The molecule has 8 nitrogen and oxygen atoms in total. The Morgan fingerprint density at radius 1 is 0.892 bits per heavy atom. The maximum atomic E-state index is 13.8. The first-order valence-corrected chi connectivity index (χ1v) is 10.5. The van der Waals surface area contributed by atoms with Gasteiger partial charge in [0.15, 0.2) is 5.69 Å². The van der Waals surface area contributed by atoms with Gasteiger partial charge in [-0.2, -0.15) is 26.3 Å². The summed E-state index contributed by atoms with van der Waals surface area (Å²) in [7, 11) is 0. The number of fused-ring (bicyclic) bond motifs is 1. The number of aliphatic hydroxyl groups excluding tert-OH is 1. The summed E-state index contributed by atoms with van der Waals surface area (Å²) in [6.07, 6.45) is -5.64. The van der Waals surface area contributed by atoms with Crippen molar-refractivity contribution in [2.75, 3.05) is 18.5 Å². The third-order valence-electron chi connectivity index (χ3n) is 5.07. The summed E-state index contributed by atoms with van der Waals surface area (Å²) >= 11 is 0. The van der Waals surface area contributed by atoms with Crippen LogP contribution in [0.3, 0.4) is 0 Å². The van der Waals surface area contributed by atoms with E-state index in [0.717, 1.165) is 12.4 Å². The van der Waals surface area contributed by atoms with Gasteiger partial charge in [0.2, 0.25) is 0 Å². The number of aliphatic hydroxyl groups is 1. The second-order valence-corrected chi connectivity index (χ2v) is 7.60. The summed E-state index contributed by atoms with van der Waals surface area (Å²) in [4.78, 5) is 27.1. The molecule has 4 rings (SSSR count). The van der Waals surface area contributed by atoms with Crippen LogP contribution in [0, 0.1) is 0 Å². The van der Waals surface area contributed by atoms with Crippen LogP contribution in [0.25, 0.3) is 22.2 Å². The quantitative estimate of drug-likeness (QED) is 0.318. The number of halogens is 6. The molecule has 0 saturated heterocycles. The molecule has 14 heteroatoms. The maximum absolute atomic E-state index is 13.8. The number of alkyl halides is 6. The number of hydrogen-bond acceptors (Lipinski definition) is 7. The van der Waals surface area contributed by atoms with Crippen LogP contribution in [-0.2, 0) is 12.4 Å². The van der Waals surface area contributed by atoms with Gasteiger partial charge in [0.05, 0.1) is 47.0 Å². The van der Waals surface area contributed by atoms with Gasteiger partial charge in [0, 0.05) is 29.9 Å². The Morgan fingerprint density at radius 2 is 1.68 bits per heavy atom. The van der Waals surface area contributed by atoms with Crippen LogP contribution in [0.5, 0.6) is 0 Å². The zero-order chi connectivity index (χ0) is 26.8. The molecular weight excluding hydrogens is 506 g/mol. The van der Waals surface area contributed by atoms with E-state index in [1.54, 1.807) is 0 Å². The highest BCUT2D eigenvalue weighted by atomic mass is 19.4. The van der Waals surface area contributed by atoms with Crippen molar-refractivity contribution in [3.63, 3.8) is 0 Å². The third-order valence-corrected chi connectivity index (χ3v) is 5.07. The Bertz CT molecular complexity index is 1440. The van der Waals surface area contributed by atoms with Crippen molar-refractivity contribution in [3.05, 3.63) is 71.9 Å². The summed E-state index contributed by atoms with van der Waals surface area (Å²) in [6, 6.07) is 6.40. The average Bonchev–Trinajstić information content (AvgIpc) is 2.86. The molecule has 192 valence electrons. The van der Waals surface area contributed by atoms with E-state index in [0.29, 0.717) is 23.3 Å². The van der Waals surface area contributed by atoms with E-state index in [1.165, 1.54) is 30.5 Å². The highest BCUT2D eigenvalue weighted by molar-refractivity contribution is 5.96. The number of hydrogen-bond donors (Lipinski definition) is 3. The maximum Gasteiger partial charge on any atom is 0.434 e. The standard InChI is InChI=1S/C23H16F6N6O2/c24-22(25,26)15-7-13(21(37)31-5-6-36)9-34-20(15)12-1-2-14-16(3-4-30-17(14)8-12)35-19-11-32-18(10-33-19)23(27,28)29/h1-4,7-11,36H,5-6H2,(H,31,37)(H,30,33,35). The Kier molecular flexibility index (Phi) is 6.94. The van der Waals surface area contributed by atoms with Crippen molar-refractivity contribution in [3.8, 4) is 11.3 Å². The van der Waals surface area contributed by atoms with Crippen LogP contribution in [0.1, 0.15) is 21.6 Å². The molecule has 4 aromatic rings. The molecule has 0 unspecified atom stereocenters. The molecule has 1 amide bonds. The zero-order valence-electron chi connectivity index (χ0n) is 18.5. The van der Waals surface area contributed by atoms with E-state index in [-0.39, 0.29) is 35.6 Å². The van der Waals surface area contributed by atoms with E-state index in [9.17, 15) is 31.1 Å². The van der Waals surface area contributed by atoms with Crippen molar-refractivity contribution >= 4 is 28.3 Å². The molecule has 0 saturated carbocycles. The van der Waals surface area contributed by atoms with Crippen molar-refractivity contribution < 1.29 is 36.2 Å². The van der Waals surface area contributed by atoms with E-state index in [4.69, 9.17) is 5.11 Å². The first-order valence-electron chi connectivity index (χ1n) is 10.5. The fourth-order valence-electron chi connectivity index (χ4n) is 3.39. The molecule has 3 N–H and O–H groups in total. The third kappa shape index (κ3) is 5.74. The van der Waals surface area contributed by atoms with Crippen LogP contribution in [0.15, 0.2) is 55.1 Å². The number of carbonyl (C=O) groups excluding carboxylic acids is 1. The predicted octanol–water partition coefficient (Wildman–Crippen LogP) is 4.59. The van der Waals surface area contributed by atoms with Crippen LogP contribution in [0.2, 0.25) is 0 Å².